The molecule has 0 bridgehead atoms. The van der Waals surface area contributed by atoms with Gasteiger partial charge < -0.3 is 14.0 Å². The molecule has 1 N–H and O–H groups in total. The smallest absolute Gasteiger partial charge is 0.264 e. The molecule has 2 aromatic heterocycles. The molecule has 0 fully saturated rings. The molecule has 1 amide bonds. The van der Waals surface area contributed by atoms with Gasteiger partial charge in [-0.1, -0.05) is 24.3 Å². The normalized spacial score (nSPS) is 10.9. The summed E-state index contributed by atoms with van der Waals surface area (Å²) in [6, 6.07) is 7.00. The number of carbonyl (C=O) groups is 1. The van der Waals surface area contributed by atoms with E-state index < -0.39 is 0 Å². The van der Waals surface area contributed by atoms with Crippen LogP contribution in [0.3, 0.4) is 0 Å². The Morgan fingerprint density at radius 2 is 2.11 bits per heavy atom. The number of anilines is 1. The highest BCUT2D eigenvalue weighted by atomic mass is 32.1. The molecule has 0 saturated carbocycles. The number of amides is 1. The minimum absolute atomic E-state index is 0.125. The van der Waals surface area contributed by atoms with Gasteiger partial charge in [0.15, 0.2) is 6.61 Å². The van der Waals surface area contributed by atoms with Crippen LogP contribution in [0.25, 0.3) is 10.8 Å². The average Bonchev–Trinajstić information content (AvgIpc) is 3.13. The molecule has 142 valence electrons. The van der Waals surface area contributed by atoms with Gasteiger partial charge in [0.25, 0.3) is 11.5 Å². The Balaban J connectivity index is 1.72. The highest BCUT2D eigenvalue weighted by molar-refractivity contribution is 7.15. The van der Waals surface area contributed by atoms with Gasteiger partial charge >= 0.3 is 0 Å². The maximum Gasteiger partial charge on any atom is 0.264 e. The fourth-order valence-electron chi connectivity index (χ4n) is 2.53. The number of rotatable bonds is 8. The van der Waals surface area contributed by atoms with Crippen LogP contribution in [-0.4, -0.2) is 41.0 Å². The van der Waals surface area contributed by atoms with E-state index in [1.165, 1.54) is 11.3 Å². The Morgan fingerprint density at radius 1 is 1.26 bits per heavy atom. The molecule has 0 unspecified atom stereocenters. The van der Waals surface area contributed by atoms with E-state index in [0.29, 0.717) is 34.8 Å². The molecule has 1 aromatic carbocycles. The first-order chi connectivity index (χ1) is 13.1. The van der Waals surface area contributed by atoms with Crippen molar-refractivity contribution in [2.45, 2.75) is 19.9 Å². The Morgan fingerprint density at radius 3 is 2.85 bits per heavy atom. The lowest BCUT2D eigenvalue weighted by Crippen LogP contribution is -2.22. The van der Waals surface area contributed by atoms with E-state index in [1.54, 1.807) is 42.1 Å². The zero-order chi connectivity index (χ0) is 19.2. The van der Waals surface area contributed by atoms with Crippen molar-refractivity contribution in [3.05, 3.63) is 45.8 Å². The highest BCUT2D eigenvalue weighted by Gasteiger charge is 2.11. The number of nitrogens with zero attached hydrogens (tertiary/aromatic N) is 3. The third-order valence-electron chi connectivity index (χ3n) is 3.89. The van der Waals surface area contributed by atoms with E-state index in [-0.39, 0.29) is 18.1 Å². The summed E-state index contributed by atoms with van der Waals surface area (Å²) in [6.07, 6.45) is 2.46. The largest absolute Gasteiger partial charge is 0.483 e. The molecule has 2 heterocycles. The summed E-state index contributed by atoms with van der Waals surface area (Å²) >= 11 is 1.33. The van der Waals surface area contributed by atoms with Crippen molar-refractivity contribution >= 4 is 33.1 Å². The Hall–Kier alpha value is -2.78. The second kappa shape index (κ2) is 8.74. The molecule has 0 aliphatic carbocycles. The number of methoxy groups -OCH3 is 1. The third kappa shape index (κ3) is 4.50. The summed E-state index contributed by atoms with van der Waals surface area (Å²) < 4.78 is 12.2. The molecule has 0 atom stereocenters. The van der Waals surface area contributed by atoms with Gasteiger partial charge in [-0.25, -0.2) is 0 Å². The molecule has 0 radical (unpaired) electrons. The van der Waals surface area contributed by atoms with E-state index in [1.807, 2.05) is 6.92 Å². The van der Waals surface area contributed by atoms with Crippen LogP contribution >= 0.6 is 11.3 Å². The van der Waals surface area contributed by atoms with Crippen molar-refractivity contribution in [3.8, 4) is 5.75 Å². The first-order valence-corrected chi connectivity index (χ1v) is 9.30. The van der Waals surface area contributed by atoms with Gasteiger partial charge in [0.1, 0.15) is 10.8 Å². The maximum absolute atomic E-state index is 12.6. The van der Waals surface area contributed by atoms with Gasteiger partial charge in [-0.3, -0.25) is 14.9 Å². The minimum atomic E-state index is -0.334. The quantitative estimate of drug-likeness (QED) is 0.635. The maximum atomic E-state index is 12.6. The number of pyridine rings is 1. The number of fused-ring (bicyclic) bond motifs is 1. The third-order valence-corrected chi connectivity index (χ3v) is 4.87. The molecule has 0 spiro atoms. The van der Waals surface area contributed by atoms with E-state index >= 15 is 0 Å². The number of carbonyl (C=O) groups excluding carboxylic acids is 1. The van der Waals surface area contributed by atoms with E-state index in [9.17, 15) is 9.59 Å². The van der Waals surface area contributed by atoms with Crippen LogP contribution in [0.1, 0.15) is 11.9 Å². The molecule has 0 aliphatic rings. The van der Waals surface area contributed by atoms with Gasteiger partial charge in [0.05, 0.1) is 12.0 Å². The predicted molar refractivity (Wildman–Crippen MR) is 103 cm³/mol. The van der Waals surface area contributed by atoms with Crippen molar-refractivity contribution in [2.24, 2.45) is 0 Å². The second-order valence-electron chi connectivity index (χ2n) is 5.72. The molecule has 27 heavy (non-hydrogen) atoms. The number of hydrogen-bond donors (Lipinski definition) is 1. The number of ether oxygens (including phenoxy) is 2. The molecule has 9 heteroatoms. The lowest BCUT2D eigenvalue weighted by atomic mass is 10.1. The van der Waals surface area contributed by atoms with Gasteiger partial charge in [0.2, 0.25) is 5.13 Å². The highest BCUT2D eigenvalue weighted by Crippen LogP contribution is 2.23. The monoisotopic (exact) mass is 388 g/mol. The number of nitrogens with one attached hydrogen (secondary N) is 1. The second-order valence-corrected chi connectivity index (χ2v) is 6.78. The molecule has 3 rings (SSSR count). The van der Waals surface area contributed by atoms with Crippen LogP contribution in [0.5, 0.6) is 5.75 Å². The topological polar surface area (TPSA) is 95.3 Å². The lowest BCUT2D eigenvalue weighted by molar-refractivity contribution is -0.118. The van der Waals surface area contributed by atoms with Crippen molar-refractivity contribution in [3.63, 3.8) is 0 Å². The first kappa shape index (κ1) is 19.0. The fourth-order valence-corrected chi connectivity index (χ4v) is 3.22. The first-order valence-electron chi connectivity index (χ1n) is 8.48. The minimum Gasteiger partial charge on any atom is -0.483 e. The molecule has 3 aromatic rings. The van der Waals surface area contributed by atoms with Crippen molar-refractivity contribution in [1.82, 2.24) is 14.8 Å². The van der Waals surface area contributed by atoms with Gasteiger partial charge in [-0.2, -0.15) is 0 Å². The number of hydrogen-bond acceptors (Lipinski definition) is 7. The fraction of sp³-hybridized carbons (Fsp3) is 0.333. The SMILES string of the molecule is CCc1nnc(NC(=O)COc2cccc3c(=O)n(CCOC)ccc23)s1. The summed E-state index contributed by atoms with van der Waals surface area (Å²) in [6.45, 7) is 2.71. The van der Waals surface area contributed by atoms with E-state index in [4.69, 9.17) is 9.47 Å². The van der Waals surface area contributed by atoms with Crippen LogP contribution in [0, 0.1) is 0 Å². The molecular weight excluding hydrogens is 368 g/mol. The van der Waals surface area contributed by atoms with Gasteiger partial charge in [-0.05, 0) is 24.6 Å². The van der Waals surface area contributed by atoms with Crippen LogP contribution in [-0.2, 0) is 22.5 Å². The number of aromatic nitrogens is 3. The standard InChI is InChI=1S/C18H20N4O4S/c1-3-16-20-21-18(27-16)19-15(23)11-26-14-6-4-5-13-12(14)7-8-22(17(13)24)9-10-25-2/h4-8H,3,9-11H2,1-2H3,(H,19,21,23). The average molecular weight is 388 g/mol. The van der Waals surface area contributed by atoms with Crippen LogP contribution in [0.15, 0.2) is 35.3 Å². The predicted octanol–water partition coefficient (Wildman–Crippen LogP) is 2.08. The van der Waals surface area contributed by atoms with Crippen LogP contribution < -0.4 is 15.6 Å². The Kier molecular flexibility index (Phi) is 6.15. The lowest BCUT2D eigenvalue weighted by Gasteiger charge is -2.11. The van der Waals surface area contributed by atoms with Crippen LogP contribution in [0.2, 0.25) is 0 Å². The zero-order valence-corrected chi connectivity index (χ0v) is 15.9. The van der Waals surface area contributed by atoms with Crippen molar-refractivity contribution in [1.29, 1.82) is 0 Å². The summed E-state index contributed by atoms with van der Waals surface area (Å²) in [4.78, 5) is 24.6. The molecule has 0 saturated heterocycles. The van der Waals surface area contributed by atoms with Gasteiger partial charge in [0, 0.05) is 25.2 Å². The van der Waals surface area contributed by atoms with Crippen molar-refractivity contribution < 1.29 is 14.3 Å². The molecule has 0 aliphatic heterocycles. The summed E-state index contributed by atoms with van der Waals surface area (Å²) in [5.74, 6) is 0.143. The van der Waals surface area contributed by atoms with E-state index in [0.717, 1.165) is 11.4 Å². The number of aryl methyl sites for hydroxylation is 1. The van der Waals surface area contributed by atoms with Gasteiger partial charge in [-0.15, -0.1) is 10.2 Å². The van der Waals surface area contributed by atoms with E-state index in [2.05, 4.69) is 15.5 Å². The molecule has 8 nitrogen and oxygen atoms in total. The van der Waals surface area contributed by atoms with Crippen LogP contribution in [0.4, 0.5) is 5.13 Å². The Bertz CT molecular complexity index is 998. The zero-order valence-electron chi connectivity index (χ0n) is 15.1. The molecular formula is C18H20N4O4S. The Labute approximate surface area is 159 Å². The summed E-state index contributed by atoms with van der Waals surface area (Å²) in [5, 5.41) is 13.0. The summed E-state index contributed by atoms with van der Waals surface area (Å²) in [5.41, 5.74) is -0.125. The summed E-state index contributed by atoms with van der Waals surface area (Å²) in [7, 11) is 1.59. The number of benzene rings is 1. The van der Waals surface area contributed by atoms with Crippen molar-refractivity contribution in [2.75, 3.05) is 25.6 Å².